The average Bonchev–Trinajstić information content (AvgIpc) is 3.38. The maximum Gasteiger partial charge on any atom is 0.228 e. The first-order valence-electron chi connectivity index (χ1n) is 10.3. The van der Waals surface area contributed by atoms with Crippen molar-refractivity contribution < 1.29 is 9.53 Å². The van der Waals surface area contributed by atoms with Crippen LogP contribution in [0.2, 0.25) is 0 Å². The molecule has 0 bridgehead atoms. The normalized spacial score (nSPS) is 20.5. The van der Waals surface area contributed by atoms with Gasteiger partial charge in [-0.3, -0.25) is 4.79 Å². The lowest BCUT2D eigenvalue weighted by molar-refractivity contribution is -0.123. The van der Waals surface area contributed by atoms with Gasteiger partial charge in [0.05, 0.1) is 12.5 Å². The van der Waals surface area contributed by atoms with Crippen LogP contribution in [0, 0.1) is 0 Å². The Bertz CT molecular complexity index is 1270. The summed E-state index contributed by atoms with van der Waals surface area (Å²) < 4.78 is 7.32. The summed E-state index contributed by atoms with van der Waals surface area (Å²) in [5.41, 5.74) is 3.16. The molecule has 1 saturated carbocycles. The first-order chi connectivity index (χ1) is 15.0. The molecule has 0 saturated heterocycles. The highest BCUT2D eigenvalue weighted by Gasteiger charge is 2.41. The minimum atomic E-state index is -0.182. The summed E-state index contributed by atoms with van der Waals surface area (Å²) in [7, 11) is 1.60. The summed E-state index contributed by atoms with van der Waals surface area (Å²) in [4.78, 5) is 28.4. The molecule has 0 spiro atoms. The number of methoxy groups -OCH3 is 1. The number of nitrogens with zero attached hydrogens (tertiary/aromatic N) is 5. The molecule has 4 aromatic heterocycles. The molecule has 4 aromatic rings. The number of hydrogen-bond donors (Lipinski definition) is 3. The Balaban J connectivity index is 1.41. The number of aromatic nitrogens is 6. The fourth-order valence-corrected chi connectivity index (χ4v) is 4.26. The first-order valence-corrected chi connectivity index (χ1v) is 10.3. The van der Waals surface area contributed by atoms with Gasteiger partial charge in [-0.25, -0.2) is 9.50 Å². The van der Waals surface area contributed by atoms with Gasteiger partial charge in [0, 0.05) is 41.5 Å². The van der Waals surface area contributed by atoms with Crippen LogP contribution in [0.15, 0.2) is 30.9 Å². The Hall–Kier alpha value is -3.69. The maximum atomic E-state index is 11.7. The number of aromatic amines is 1. The van der Waals surface area contributed by atoms with Gasteiger partial charge in [-0.05, 0) is 31.9 Å². The van der Waals surface area contributed by atoms with E-state index in [1.54, 1.807) is 11.6 Å². The summed E-state index contributed by atoms with van der Waals surface area (Å²) >= 11 is 0. The average molecular weight is 420 g/mol. The minimum Gasteiger partial charge on any atom is -0.480 e. The predicted molar refractivity (Wildman–Crippen MR) is 116 cm³/mol. The Kier molecular flexibility index (Phi) is 4.49. The van der Waals surface area contributed by atoms with Crippen LogP contribution in [0.1, 0.15) is 33.1 Å². The molecule has 1 aliphatic carbocycles. The Morgan fingerprint density at radius 2 is 2.19 bits per heavy atom. The summed E-state index contributed by atoms with van der Waals surface area (Å²) in [6.45, 7) is 3.92. The van der Waals surface area contributed by atoms with Crippen LogP contribution in [-0.4, -0.2) is 54.1 Å². The Morgan fingerprint density at radius 1 is 1.35 bits per heavy atom. The summed E-state index contributed by atoms with van der Waals surface area (Å²) in [5, 5.41) is 11.5. The van der Waals surface area contributed by atoms with Gasteiger partial charge in [0.2, 0.25) is 17.7 Å². The zero-order valence-corrected chi connectivity index (χ0v) is 17.6. The van der Waals surface area contributed by atoms with Crippen molar-refractivity contribution in [3.63, 3.8) is 0 Å². The molecule has 5 rings (SSSR count). The number of fused-ring (bicyclic) bond motifs is 2. The molecule has 10 nitrogen and oxygen atoms in total. The fraction of sp³-hybridized carbons (Fsp3) is 0.381. The highest BCUT2D eigenvalue weighted by atomic mass is 16.5. The molecule has 0 radical (unpaired) electrons. The number of hydrogen-bond acceptors (Lipinski definition) is 7. The van der Waals surface area contributed by atoms with E-state index >= 15 is 0 Å². The van der Waals surface area contributed by atoms with Crippen molar-refractivity contribution in [2.75, 3.05) is 12.4 Å². The molecule has 31 heavy (non-hydrogen) atoms. The lowest BCUT2D eigenvalue weighted by Crippen LogP contribution is -2.59. The zero-order valence-electron chi connectivity index (χ0n) is 17.6. The van der Waals surface area contributed by atoms with E-state index in [4.69, 9.17) is 4.74 Å². The first kappa shape index (κ1) is 19.3. The number of pyridine rings is 1. The van der Waals surface area contributed by atoms with Gasteiger partial charge in [0.1, 0.15) is 12.0 Å². The number of rotatable bonds is 6. The fourth-order valence-electron chi connectivity index (χ4n) is 4.26. The van der Waals surface area contributed by atoms with Crippen molar-refractivity contribution in [1.29, 1.82) is 0 Å². The van der Waals surface area contributed by atoms with Crippen molar-refractivity contribution in [2.24, 2.45) is 0 Å². The van der Waals surface area contributed by atoms with Crippen LogP contribution >= 0.6 is 0 Å². The molecule has 0 atom stereocenters. The summed E-state index contributed by atoms with van der Waals surface area (Å²) in [6, 6.07) is 4.08. The largest absolute Gasteiger partial charge is 0.480 e. The van der Waals surface area contributed by atoms with E-state index in [1.165, 1.54) is 6.33 Å². The molecule has 1 aliphatic rings. The van der Waals surface area contributed by atoms with Gasteiger partial charge in [-0.1, -0.05) is 6.92 Å². The number of carbonyl (C=O) groups is 1. The minimum absolute atomic E-state index is 0.0725. The molecule has 10 heteroatoms. The molecule has 0 aliphatic heterocycles. The van der Waals surface area contributed by atoms with Gasteiger partial charge in [0.15, 0.2) is 5.65 Å². The second-order valence-electron chi connectivity index (χ2n) is 8.17. The molecule has 0 aromatic carbocycles. The third-order valence-corrected chi connectivity index (χ3v) is 5.77. The third kappa shape index (κ3) is 3.43. The van der Waals surface area contributed by atoms with Crippen LogP contribution in [0.4, 0.5) is 5.95 Å². The van der Waals surface area contributed by atoms with Crippen molar-refractivity contribution >= 4 is 28.5 Å². The molecular formula is C21H24N8O2. The van der Waals surface area contributed by atoms with Crippen LogP contribution < -0.4 is 15.4 Å². The maximum absolute atomic E-state index is 11.7. The van der Waals surface area contributed by atoms with E-state index in [1.807, 2.05) is 31.5 Å². The smallest absolute Gasteiger partial charge is 0.228 e. The second-order valence-corrected chi connectivity index (χ2v) is 8.17. The van der Waals surface area contributed by atoms with Crippen molar-refractivity contribution in [3.05, 3.63) is 30.9 Å². The van der Waals surface area contributed by atoms with Crippen molar-refractivity contribution in [1.82, 2.24) is 34.9 Å². The molecule has 0 unspecified atom stereocenters. The van der Waals surface area contributed by atoms with E-state index in [-0.39, 0.29) is 17.5 Å². The molecule has 3 N–H and O–H groups in total. The van der Waals surface area contributed by atoms with E-state index in [0.29, 0.717) is 23.9 Å². The molecule has 4 heterocycles. The second kappa shape index (κ2) is 7.22. The van der Waals surface area contributed by atoms with E-state index in [2.05, 4.69) is 42.6 Å². The molecule has 1 amide bonds. The third-order valence-electron chi connectivity index (χ3n) is 5.77. The summed E-state index contributed by atoms with van der Waals surface area (Å²) in [5.74, 6) is 1.06. The predicted octanol–water partition coefficient (Wildman–Crippen LogP) is 2.54. The van der Waals surface area contributed by atoms with Crippen LogP contribution in [0.3, 0.4) is 0 Å². The summed E-state index contributed by atoms with van der Waals surface area (Å²) in [6.07, 6.45) is 7.45. The van der Waals surface area contributed by atoms with E-state index in [9.17, 15) is 4.79 Å². The number of H-pyrrole nitrogens is 1. The van der Waals surface area contributed by atoms with Gasteiger partial charge >= 0.3 is 0 Å². The highest BCUT2D eigenvalue weighted by molar-refractivity contribution is 5.97. The topological polar surface area (TPSA) is 122 Å². The lowest BCUT2D eigenvalue weighted by Gasteiger charge is -2.45. The standard InChI is InChI=1S/C21H24N8O2/c1-4-16(30)28-21(2)7-13(8-21)25-20-26-18-17(19(27-20)31-3)14(9-22-18)12-5-6-15-23-11-24-29(15)10-12/h5-6,9-11,13H,4,7-8H2,1-3H3,(H,28,30)(H2,22,25,26,27)/t13-,21-. The van der Waals surface area contributed by atoms with Gasteiger partial charge < -0.3 is 20.4 Å². The van der Waals surface area contributed by atoms with Gasteiger partial charge in [0.25, 0.3) is 0 Å². The van der Waals surface area contributed by atoms with E-state index in [0.717, 1.165) is 35.0 Å². The van der Waals surface area contributed by atoms with Gasteiger partial charge in [-0.15, -0.1) is 0 Å². The zero-order chi connectivity index (χ0) is 21.6. The number of carbonyl (C=O) groups excluding carboxylic acids is 1. The Morgan fingerprint density at radius 3 is 2.97 bits per heavy atom. The monoisotopic (exact) mass is 420 g/mol. The molecule has 160 valence electrons. The molecular weight excluding hydrogens is 396 g/mol. The van der Waals surface area contributed by atoms with Crippen molar-refractivity contribution in [3.8, 4) is 17.0 Å². The Labute approximate surface area is 178 Å². The van der Waals surface area contributed by atoms with Crippen molar-refractivity contribution in [2.45, 2.75) is 44.7 Å². The SMILES string of the molecule is CCC(=O)N[C@]1(C)C[C@@H](Nc2nc(OC)c3c(-c4ccc5ncnn5c4)c[nH]c3n2)C1. The number of nitrogens with one attached hydrogen (secondary N) is 3. The number of anilines is 1. The number of amides is 1. The van der Waals surface area contributed by atoms with Crippen LogP contribution in [0.25, 0.3) is 27.8 Å². The number of ether oxygens (including phenoxy) is 1. The quantitative estimate of drug-likeness (QED) is 0.438. The van der Waals surface area contributed by atoms with Crippen LogP contribution in [0.5, 0.6) is 5.88 Å². The molecule has 1 fully saturated rings. The van der Waals surface area contributed by atoms with E-state index < -0.39 is 0 Å². The lowest BCUT2D eigenvalue weighted by atomic mass is 9.74. The highest BCUT2D eigenvalue weighted by Crippen LogP contribution is 2.36. The van der Waals surface area contributed by atoms with Crippen LogP contribution in [-0.2, 0) is 4.79 Å². The van der Waals surface area contributed by atoms with Gasteiger partial charge in [-0.2, -0.15) is 15.1 Å².